The molecule has 12 rings (SSSR count). The molecule has 8 heterocycles. The highest BCUT2D eigenvalue weighted by Gasteiger charge is 2.47. The predicted octanol–water partition coefficient (Wildman–Crippen LogP) is 14.3. The number of hydrogen-bond donors (Lipinski definition) is 4. The van der Waals surface area contributed by atoms with Crippen LogP contribution in [0, 0.1) is 70.8 Å². The Kier molecular flexibility index (Phi) is 13.8. The molecule has 0 aliphatic carbocycles. The maximum Gasteiger partial charge on any atom is 0.323 e. The minimum absolute atomic E-state index is 0.169. The number of rotatable bonds is 28. The Morgan fingerprint density at radius 1 is 0.367 bits per heavy atom. The molecule has 4 aromatic carbocycles. The standard InChI is InChI=1S/4C24H38N2O4/c4*1-14(2)9-17-13-26-8-7-16-10-21(28-5)22(29-6)11-18(16)19(26)12-20(17)30-24(27)23(25)15(3)4/h4*10-11,14-15,17,19-20,23H,7-9,12-13,25H2,1-6H3/t4*17?,19?,20?,23-/m0000/s1/i3D3,4D3,5D3,10D,11D,12D2,13D2,15D,17D,19D,20D,23D;2*3D3,4D3,10D,11D,12D2,13D2,15D,17D,19D,20D,23D;3D3,4D3,5D3,10D,11D,12D2,13D2,15D,17D,19D,23D. The third-order valence-electron chi connectivity index (χ3n) is 18.3. The molecule has 4 fully saturated rings. The first-order chi connectivity index (χ1) is 85.4. The summed E-state index contributed by atoms with van der Waals surface area (Å²) in [5, 5.41) is 0. The van der Waals surface area contributed by atoms with Crippen LogP contribution in [0.15, 0.2) is 48.3 Å². The van der Waals surface area contributed by atoms with Gasteiger partial charge in [-0.3, -0.25) is 38.8 Å². The zero-order valence-electron chi connectivity index (χ0n) is 142. The monoisotopic (exact) mass is 1750 g/mol. The van der Waals surface area contributed by atoms with Gasteiger partial charge in [0.15, 0.2) is 46.0 Å². The molecule has 24 heteroatoms. The molecule has 12 unspecified atom stereocenters. The van der Waals surface area contributed by atoms with Crippen molar-refractivity contribution in [2.75, 3.05) is 109 Å². The van der Waals surface area contributed by atoms with E-state index in [-0.39, 0.29) is 47.5 Å². The van der Waals surface area contributed by atoms with Gasteiger partial charge >= 0.3 is 23.9 Å². The van der Waals surface area contributed by atoms with E-state index in [1.54, 1.807) is 0 Å². The molecule has 0 saturated carbocycles. The molecular weight excluding hydrogens is 1520 g/mol. The van der Waals surface area contributed by atoms with E-state index >= 15 is 0 Å². The van der Waals surface area contributed by atoms with Gasteiger partial charge in [-0.2, -0.15) is 0 Å². The van der Waals surface area contributed by atoms with Crippen molar-refractivity contribution in [1.29, 1.82) is 0 Å². The maximum atomic E-state index is 13.8. The van der Waals surface area contributed by atoms with Gasteiger partial charge in [-0.15, -0.1) is 0 Å². The average Bonchev–Trinajstić information content (AvgIpc) is 0.650. The number of methoxy groups -OCH3 is 8. The van der Waals surface area contributed by atoms with Gasteiger partial charge in [0, 0.05) is 191 Å². The predicted molar refractivity (Wildman–Crippen MR) is 471 cm³/mol. The summed E-state index contributed by atoms with van der Waals surface area (Å²) >= 11 is 0. The lowest BCUT2D eigenvalue weighted by Gasteiger charge is -2.47. The minimum Gasteiger partial charge on any atom is -0.493 e. The van der Waals surface area contributed by atoms with E-state index in [4.69, 9.17) is 148 Å². The van der Waals surface area contributed by atoms with E-state index in [9.17, 15) is 50.7 Å². The number of nitrogens with two attached hydrogens (primary N) is 4. The van der Waals surface area contributed by atoms with Crippen LogP contribution in [0.5, 0.6) is 46.0 Å². The van der Waals surface area contributed by atoms with Crippen LogP contribution in [0.1, 0.15) is 330 Å². The summed E-state index contributed by atoms with van der Waals surface area (Å²) in [7, 11) is 0.105. The van der Waals surface area contributed by atoms with E-state index in [1.165, 1.54) is 69.6 Å². The van der Waals surface area contributed by atoms with E-state index in [0.29, 0.717) is 19.6 Å². The lowest BCUT2D eigenvalue weighted by atomic mass is 9.79. The number of nitrogens with zero attached hydrogens (tertiary/aromatic N) is 4. The SMILES string of the molecule is [2H]c1c2c(c([2H])c(OC)c1OC([2H])([2H])[2H])C1([2H])N(CC2)C([2H])([2H])C([2H])(CC(C)C)C(OC(=O)[C@@]([2H])(N)C([2H])(C([2H])([2H])[2H])C([2H])([2H])[2H])C1([2H])[2H].[2H]c1c2c(c([2H])c(OC)c1OC([2H])([2H])[2H])C1([2H])N(CC2)C([2H])([2H])C([2H])(CC(C)C)C([2H])(OC(=O)[C@@]([2H])(N)C([2H])(C([2H])([2H])[2H])C([2H])([2H])[2H])C1([2H])[2H].[2H]c1c2c(c([2H])c(OC)c1OC)C1([2H])N(CC2)C([2H])([2H])C([2H])(CC(C)C)C([2H])(OC(=O)[C@@]([2H])(N)C([2H])(C([2H])([2H])[2H])C([2H])([2H])[2H])C1([2H])[2H].[2H]c1c2c(c([2H])c(OC)c1OC)C1([2H])N(CC2)C([2H])([2H])C([2H])(CC(C)C)C([2H])(OC(=O)[C@@]([2H])(N)C([2H])(C([2H])([2H])[2H])C([2H])([2H])[2H])C1([2H])[2H]. The molecule has 0 aromatic heterocycles. The number of esters is 4. The zero-order valence-corrected chi connectivity index (χ0v) is 68.5. The summed E-state index contributed by atoms with van der Waals surface area (Å²) in [6.07, 6.45) is -34.2. The minimum atomic E-state index is -4.20. The lowest BCUT2D eigenvalue weighted by Crippen LogP contribution is -2.51. The number of hydrogen-bond acceptors (Lipinski definition) is 24. The fraction of sp³-hybridized carbons (Fsp3) is 0.708. The van der Waals surface area contributed by atoms with Crippen LogP contribution in [0.25, 0.3) is 0 Å². The summed E-state index contributed by atoms with van der Waals surface area (Å²) < 4.78 is 680. The van der Waals surface area contributed by atoms with Crippen molar-refractivity contribution in [2.45, 2.75) is 260 Å². The molecule has 672 valence electrons. The first-order valence-electron chi connectivity index (χ1n) is 73.8. The molecule has 16 atom stereocenters. The fourth-order valence-electron chi connectivity index (χ4n) is 12.7. The summed E-state index contributed by atoms with van der Waals surface area (Å²) in [4.78, 5) is 57.2. The molecule has 4 saturated heterocycles. The highest BCUT2D eigenvalue weighted by Crippen LogP contribution is 2.50. The Balaban J connectivity index is 0.000000279. The van der Waals surface area contributed by atoms with Crippen LogP contribution < -0.4 is 60.8 Å². The average molecular weight is 1750 g/mol. The van der Waals surface area contributed by atoms with E-state index < -0.39 is 456 Å². The third-order valence-corrected chi connectivity index (χ3v) is 18.3. The van der Waals surface area contributed by atoms with Crippen molar-refractivity contribution < 1.29 is 176 Å². The summed E-state index contributed by atoms with van der Waals surface area (Å²) in [5.74, 6) is -46.4. The first-order valence-corrected chi connectivity index (χ1v) is 37.3. The van der Waals surface area contributed by atoms with Gasteiger partial charge in [0.2, 0.25) is 0 Å². The molecule has 4 aromatic rings. The van der Waals surface area contributed by atoms with Gasteiger partial charge < -0.3 is 79.8 Å². The molecule has 0 spiro atoms. The van der Waals surface area contributed by atoms with E-state index in [2.05, 4.69) is 0 Å². The summed E-state index contributed by atoms with van der Waals surface area (Å²) in [5.41, 5.74) is 18.7. The van der Waals surface area contributed by atoms with Crippen molar-refractivity contribution in [1.82, 2.24) is 19.6 Å². The fourth-order valence-corrected chi connectivity index (χ4v) is 12.7. The molecule has 0 radical (unpaired) electrons. The molecule has 0 bridgehead atoms. The largest absolute Gasteiger partial charge is 0.493 e. The van der Waals surface area contributed by atoms with Crippen molar-refractivity contribution >= 4 is 23.9 Å². The second kappa shape index (κ2) is 43.9. The number of fused-ring (bicyclic) bond motifs is 12. The Morgan fingerprint density at radius 2 is 0.592 bits per heavy atom. The lowest BCUT2D eigenvalue weighted by molar-refractivity contribution is -0.161. The van der Waals surface area contributed by atoms with Crippen molar-refractivity contribution in [3.05, 3.63) is 92.8 Å². The van der Waals surface area contributed by atoms with Gasteiger partial charge in [-0.1, -0.05) is 110 Å². The first kappa shape index (κ1) is 37.6. The second-order valence-electron chi connectivity index (χ2n) is 28.9. The summed E-state index contributed by atoms with van der Waals surface area (Å²) in [6.45, 7) is -35.6. The van der Waals surface area contributed by atoms with Gasteiger partial charge in [-0.05, 0) is 191 Å². The number of piperidine rings is 4. The number of carbonyl (C=O) groups excluding carboxylic acids is 4. The smallest absolute Gasteiger partial charge is 0.323 e. The van der Waals surface area contributed by atoms with Crippen LogP contribution in [0.3, 0.4) is 0 Å². The quantitative estimate of drug-likeness (QED) is 0.0303. The Morgan fingerprint density at radius 3 is 0.833 bits per heavy atom. The third kappa shape index (κ3) is 23.8. The number of carbonyl (C=O) groups is 4. The maximum absolute atomic E-state index is 13.8. The highest BCUT2D eigenvalue weighted by molar-refractivity contribution is 5.77. The topological polar surface area (TPSA) is 296 Å². The van der Waals surface area contributed by atoms with Crippen LogP contribution in [0.4, 0.5) is 0 Å². The zero-order chi connectivity index (χ0) is 152. The van der Waals surface area contributed by atoms with E-state index in [0.717, 1.165) is 28.4 Å². The molecule has 0 amide bonds. The van der Waals surface area contributed by atoms with Gasteiger partial charge in [0.1, 0.15) is 48.4 Å². The molecule has 120 heavy (non-hydrogen) atoms. The van der Waals surface area contributed by atoms with Crippen LogP contribution in [0.2, 0.25) is 0 Å². The Bertz CT molecular complexity index is 7320. The summed E-state index contributed by atoms with van der Waals surface area (Å²) in [6, 6.07) is -35.4. The highest BCUT2D eigenvalue weighted by atomic mass is 16.6. The second-order valence-corrected chi connectivity index (χ2v) is 28.9. The number of ether oxygens (including phenoxy) is 12. The van der Waals surface area contributed by atoms with Crippen LogP contribution in [-0.2, 0) is 63.8 Å². The Hall–Kier alpha value is -7.16. The van der Waals surface area contributed by atoms with Crippen molar-refractivity contribution in [3.63, 3.8) is 0 Å². The molecule has 24 nitrogen and oxygen atoms in total. The van der Waals surface area contributed by atoms with Gasteiger partial charge in [-0.25, -0.2) is 0 Å². The molecule has 8 aliphatic heterocycles. The number of benzene rings is 4. The van der Waals surface area contributed by atoms with Crippen LogP contribution in [-0.4, -0.2) is 201 Å². The Labute approximate surface area is 821 Å². The molecule has 8 N–H and O–H groups in total. The normalized spacial score (nSPS) is 46.4. The van der Waals surface area contributed by atoms with Gasteiger partial charge in [0.05, 0.1) is 91.0 Å². The molecular formula is C96H152N8O16. The van der Waals surface area contributed by atoms with Crippen molar-refractivity contribution in [3.8, 4) is 46.0 Å². The van der Waals surface area contributed by atoms with Crippen molar-refractivity contribution in [2.24, 2.45) is 93.8 Å². The van der Waals surface area contributed by atoms with Gasteiger partial charge in [0.25, 0.3) is 0 Å². The molecule has 8 aliphatic rings. The van der Waals surface area contributed by atoms with E-state index in [1.807, 2.05) is 0 Å². The van der Waals surface area contributed by atoms with Crippen LogP contribution >= 0.6 is 0 Å².